The van der Waals surface area contributed by atoms with Gasteiger partial charge >= 0.3 is 0 Å². The van der Waals surface area contributed by atoms with Gasteiger partial charge in [-0.15, -0.1) is 0 Å². The zero-order valence-electron chi connectivity index (χ0n) is 34.5. The fraction of sp³-hybridized carbons (Fsp3) is 0.100. The first-order valence-electron chi connectivity index (χ1n) is 21.4. The highest BCUT2D eigenvalue weighted by Gasteiger charge is 2.38. The summed E-state index contributed by atoms with van der Waals surface area (Å²) in [7, 11) is 0. The molecule has 0 unspecified atom stereocenters. The smallest absolute Gasteiger partial charge is 0.0159 e. The molecule has 0 nitrogen and oxygen atoms in total. The molecule has 0 N–H and O–H groups in total. The molecular formula is C60H44. The summed E-state index contributed by atoms with van der Waals surface area (Å²) in [6.07, 6.45) is 0. The van der Waals surface area contributed by atoms with Gasteiger partial charge in [0.1, 0.15) is 0 Å². The lowest BCUT2D eigenvalue weighted by molar-refractivity contribution is 0.660. The normalized spacial score (nSPS) is 14.3. The molecule has 0 radical (unpaired) electrons. The monoisotopic (exact) mass is 764 g/mol. The van der Waals surface area contributed by atoms with Gasteiger partial charge in [0.2, 0.25) is 0 Å². The third-order valence-electron chi connectivity index (χ3n) is 14.1. The summed E-state index contributed by atoms with van der Waals surface area (Å²) in [5.41, 5.74) is 20.9. The average molecular weight is 765 g/mol. The Kier molecular flexibility index (Phi) is 7.42. The lowest BCUT2D eigenvalue weighted by Gasteiger charge is -2.24. The molecule has 10 aromatic rings. The van der Waals surface area contributed by atoms with Crippen LogP contribution in [0, 0.1) is 0 Å². The van der Waals surface area contributed by atoms with Crippen LogP contribution in [0.2, 0.25) is 0 Å². The van der Waals surface area contributed by atoms with Gasteiger partial charge < -0.3 is 0 Å². The summed E-state index contributed by atoms with van der Waals surface area (Å²) in [6, 6.07) is 73.2. The van der Waals surface area contributed by atoms with E-state index in [9.17, 15) is 0 Å². The Hall–Kier alpha value is -7.02. The molecule has 0 fully saturated rings. The minimum absolute atomic E-state index is 0.0799. The second-order valence-corrected chi connectivity index (χ2v) is 18.0. The van der Waals surface area contributed by atoms with Gasteiger partial charge in [0.25, 0.3) is 0 Å². The van der Waals surface area contributed by atoms with Crippen LogP contribution in [0.4, 0.5) is 0 Å². The second kappa shape index (κ2) is 12.7. The number of rotatable bonds is 4. The van der Waals surface area contributed by atoms with Crippen LogP contribution in [0.15, 0.2) is 194 Å². The first kappa shape index (κ1) is 35.0. The van der Waals surface area contributed by atoms with Crippen LogP contribution in [0.3, 0.4) is 0 Å². The Bertz CT molecular complexity index is 3420. The Balaban J connectivity index is 1.19. The molecule has 2 aliphatic rings. The molecule has 0 saturated heterocycles. The van der Waals surface area contributed by atoms with Crippen molar-refractivity contribution in [3.63, 3.8) is 0 Å². The first-order chi connectivity index (χ1) is 29.3. The van der Waals surface area contributed by atoms with Crippen LogP contribution in [0.25, 0.3) is 99.1 Å². The molecule has 0 spiro atoms. The van der Waals surface area contributed by atoms with Crippen LogP contribution in [0.5, 0.6) is 0 Å². The summed E-state index contributed by atoms with van der Waals surface area (Å²) >= 11 is 0. The average Bonchev–Trinajstić information content (AvgIpc) is 3.67. The van der Waals surface area contributed by atoms with Gasteiger partial charge in [0.15, 0.2) is 0 Å². The van der Waals surface area contributed by atoms with Crippen molar-refractivity contribution >= 4 is 32.3 Å². The lowest BCUT2D eigenvalue weighted by Crippen LogP contribution is -2.14. The third kappa shape index (κ3) is 4.85. The van der Waals surface area contributed by atoms with E-state index >= 15 is 0 Å². The van der Waals surface area contributed by atoms with Crippen molar-refractivity contribution < 1.29 is 0 Å². The van der Waals surface area contributed by atoms with Gasteiger partial charge in [0, 0.05) is 10.8 Å². The number of fused-ring (bicyclic) bond motifs is 9. The largest absolute Gasteiger partial charge is 0.0619 e. The first-order valence-corrected chi connectivity index (χ1v) is 21.4. The number of benzene rings is 10. The molecule has 60 heavy (non-hydrogen) atoms. The Morgan fingerprint density at radius 3 is 1.50 bits per heavy atom. The van der Waals surface area contributed by atoms with Crippen LogP contribution in [-0.4, -0.2) is 0 Å². The molecule has 0 amide bonds. The minimum atomic E-state index is -0.106. The molecule has 0 atom stereocenters. The van der Waals surface area contributed by atoms with E-state index in [1.165, 1.54) is 121 Å². The molecular weight excluding hydrogens is 721 g/mol. The summed E-state index contributed by atoms with van der Waals surface area (Å²) in [4.78, 5) is 0. The van der Waals surface area contributed by atoms with E-state index < -0.39 is 0 Å². The summed E-state index contributed by atoms with van der Waals surface area (Å²) in [6.45, 7) is 9.52. The SMILES string of the molecule is CC1(C)c2ccccc2-c2ccc(-c3ccc4c(-c5ccccc5-c5cccc6ccccc56)c5ccccc5c(-c5cccc6c5-c5ccccc5C6(C)C)c4c3)cc21. The highest BCUT2D eigenvalue weighted by Crippen LogP contribution is 2.56. The topological polar surface area (TPSA) is 0 Å². The summed E-state index contributed by atoms with van der Waals surface area (Å²) in [5.74, 6) is 0. The van der Waals surface area contributed by atoms with Gasteiger partial charge in [-0.1, -0.05) is 210 Å². The van der Waals surface area contributed by atoms with Crippen molar-refractivity contribution in [1.29, 1.82) is 0 Å². The van der Waals surface area contributed by atoms with Crippen molar-refractivity contribution in [3.05, 3.63) is 216 Å². The third-order valence-corrected chi connectivity index (χ3v) is 14.1. The fourth-order valence-corrected chi connectivity index (χ4v) is 11.2. The zero-order chi connectivity index (χ0) is 40.3. The summed E-state index contributed by atoms with van der Waals surface area (Å²) in [5, 5.41) is 7.58. The molecule has 0 heterocycles. The van der Waals surface area contributed by atoms with E-state index in [2.05, 4.69) is 222 Å². The van der Waals surface area contributed by atoms with E-state index in [-0.39, 0.29) is 10.8 Å². The van der Waals surface area contributed by atoms with E-state index in [4.69, 9.17) is 0 Å². The zero-order valence-corrected chi connectivity index (χ0v) is 34.5. The van der Waals surface area contributed by atoms with Gasteiger partial charge in [-0.25, -0.2) is 0 Å². The maximum Gasteiger partial charge on any atom is 0.0159 e. The molecule has 0 saturated carbocycles. The molecule has 10 aromatic carbocycles. The fourth-order valence-electron chi connectivity index (χ4n) is 11.2. The lowest BCUT2D eigenvalue weighted by atomic mass is 9.79. The quantitative estimate of drug-likeness (QED) is 0.157. The van der Waals surface area contributed by atoms with E-state index in [1.807, 2.05) is 0 Å². The molecule has 2 aliphatic carbocycles. The van der Waals surface area contributed by atoms with Crippen molar-refractivity contribution in [2.24, 2.45) is 0 Å². The van der Waals surface area contributed by atoms with Gasteiger partial charge in [-0.05, 0) is 133 Å². The molecule has 284 valence electrons. The highest BCUT2D eigenvalue weighted by atomic mass is 14.4. The molecule has 0 aliphatic heterocycles. The van der Waals surface area contributed by atoms with Crippen molar-refractivity contribution in [2.45, 2.75) is 38.5 Å². The standard InChI is InChI=1S/C60H44/c1-59(2)53-29-14-12-25-49(53)58-50(27-16-30-54(58)59)57-47-24-10-9-23-46(47)56(45-22-8-7-20-42(45)41-26-15-18-37-17-5-6-19-40(37)41)48-34-32-38(35-51(48)57)39-31-33-44-43-21-11-13-28-52(43)60(3,4)55(44)36-39/h5-36H,1-4H3. The minimum Gasteiger partial charge on any atom is -0.0619 e. The molecule has 0 bridgehead atoms. The maximum atomic E-state index is 2.50. The van der Waals surface area contributed by atoms with E-state index in [0.29, 0.717) is 0 Å². The Morgan fingerprint density at radius 2 is 0.717 bits per heavy atom. The second-order valence-electron chi connectivity index (χ2n) is 18.0. The van der Waals surface area contributed by atoms with Crippen LogP contribution in [-0.2, 0) is 10.8 Å². The number of hydrogen-bond donors (Lipinski definition) is 0. The molecule has 0 heteroatoms. The predicted octanol–water partition coefficient (Wildman–Crippen LogP) is 16.4. The van der Waals surface area contributed by atoms with Gasteiger partial charge in [-0.2, -0.15) is 0 Å². The summed E-state index contributed by atoms with van der Waals surface area (Å²) < 4.78 is 0. The number of hydrogen-bond acceptors (Lipinski definition) is 0. The van der Waals surface area contributed by atoms with Crippen molar-refractivity contribution in [3.8, 4) is 66.8 Å². The predicted molar refractivity (Wildman–Crippen MR) is 256 cm³/mol. The highest BCUT2D eigenvalue weighted by molar-refractivity contribution is 6.24. The van der Waals surface area contributed by atoms with E-state index in [1.54, 1.807) is 0 Å². The molecule has 0 aromatic heterocycles. The van der Waals surface area contributed by atoms with E-state index in [0.717, 1.165) is 0 Å². The molecule has 12 rings (SSSR count). The van der Waals surface area contributed by atoms with Gasteiger partial charge in [0.05, 0.1) is 0 Å². The van der Waals surface area contributed by atoms with Crippen molar-refractivity contribution in [1.82, 2.24) is 0 Å². The van der Waals surface area contributed by atoms with Gasteiger partial charge in [-0.3, -0.25) is 0 Å². The van der Waals surface area contributed by atoms with Crippen LogP contribution >= 0.6 is 0 Å². The maximum absolute atomic E-state index is 2.50. The Morgan fingerprint density at radius 1 is 0.250 bits per heavy atom. The van der Waals surface area contributed by atoms with Crippen molar-refractivity contribution in [2.75, 3.05) is 0 Å². The van der Waals surface area contributed by atoms with Crippen LogP contribution < -0.4 is 0 Å². The van der Waals surface area contributed by atoms with Crippen LogP contribution in [0.1, 0.15) is 49.9 Å². The Labute approximate surface area is 352 Å².